The zero-order valence-electron chi connectivity index (χ0n) is 17.1. The lowest BCUT2D eigenvalue weighted by Crippen LogP contribution is -2.29. The number of para-hydroxylation sites is 1. The van der Waals surface area contributed by atoms with Crippen LogP contribution in [-0.2, 0) is 16.0 Å². The van der Waals surface area contributed by atoms with E-state index in [1.165, 1.54) is 12.0 Å². The summed E-state index contributed by atoms with van der Waals surface area (Å²) in [4.78, 5) is 11.6. The summed E-state index contributed by atoms with van der Waals surface area (Å²) in [5, 5.41) is 3.78. The van der Waals surface area contributed by atoms with Crippen LogP contribution in [0.2, 0.25) is 0 Å². The SMILES string of the molecule is CCOC(=O)Cc1ccc([C@@H]2CC[C@H](NC(C)c3cccc4c3OCO4)C2)cc1. The number of nitrogens with one attached hydrogen (secondary N) is 1. The van der Waals surface area contributed by atoms with Crippen LogP contribution in [0.3, 0.4) is 0 Å². The van der Waals surface area contributed by atoms with Gasteiger partial charge in [-0.3, -0.25) is 4.79 Å². The summed E-state index contributed by atoms with van der Waals surface area (Å²) in [6, 6.07) is 15.2. The van der Waals surface area contributed by atoms with Crippen LogP contribution in [0, 0.1) is 0 Å². The number of hydrogen-bond acceptors (Lipinski definition) is 5. The third-order valence-electron chi connectivity index (χ3n) is 5.92. The molecule has 0 radical (unpaired) electrons. The van der Waals surface area contributed by atoms with E-state index >= 15 is 0 Å². The molecule has 0 spiro atoms. The number of carbonyl (C=O) groups is 1. The topological polar surface area (TPSA) is 56.8 Å². The van der Waals surface area contributed by atoms with Crippen LogP contribution >= 0.6 is 0 Å². The Morgan fingerprint density at radius 3 is 2.79 bits per heavy atom. The van der Waals surface area contributed by atoms with Crippen molar-refractivity contribution in [2.75, 3.05) is 13.4 Å². The zero-order chi connectivity index (χ0) is 20.2. The second-order valence-corrected chi connectivity index (χ2v) is 7.90. The monoisotopic (exact) mass is 395 g/mol. The number of fused-ring (bicyclic) bond motifs is 1. The van der Waals surface area contributed by atoms with Gasteiger partial charge in [0.25, 0.3) is 0 Å². The summed E-state index contributed by atoms with van der Waals surface area (Å²) in [5.74, 6) is 2.10. The first-order chi connectivity index (χ1) is 14.1. The van der Waals surface area contributed by atoms with Crippen molar-refractivity contribution in [3.8, 4) is 11.5 Å². The molecule has 0 bridgehead atoms. The van der Waals surface area contributed by atoms with Gasteiger partial charge < -0.3 is 19.5 Å². The minimum absolute atomic E-state index is 0.166. The highest BCUT2D eigenvalue weighted by molar-refractivity contribution is 5.72. The lowest BCUT2D eigenvalue weighted by Gasteiger charge is -2.21. The fourth-order valence-corrected chi connectivity index (χ4v) is 4.46. The fraction of sp³-hybridized carbons (Fsp3) is 0.458. The Morgan fingerprint density at radius 1 is 1.17 bits per heavy atom. The summed E-state index contributed by atoms with van der Waals surface area (Å²) in [7, 11) is 0. The molecular weight excluding hydrogens is 366 g/mol. The first-order valence-corrected chi connectivity index (χ1v) is 10.5. The molecule has 5 heteroatoms. The van der Waals surface area contributed by atoms with Crippen molar-refractivity contribution in [3.05, 3.63) is 59.2 Å². The maximum absolute atomic E-state index is 11.6. The second-order valence-electron chi connectivity index (χ2n) is 7.90. The van der Waals surface area contributed by atoms with Crippen LogP contribution in [0.25, 0.3) is 0 Å². The normalized spacial score (nSPS) is 21.2. The highest BCUT2D eigenvalue weighted by Gasteiger charge is 2.28. The molecule has 4 rings (SSSR count). The summed E-state index contributed by atoms with van der Waals surface area (Å²) in [5.41, 5.74) is 3.52. The van der Waals surface area contributed by atoms with Gasteiger partial charge in [0, 0.05) is 17.6 Å². The zero-order valence-corrected chi connectivity index (χ0v) is 17.1. The number of carbonyl (C=O) groups excluding carboxylic acids is 1. The van der Waals surface area contributed by atoms with Crippen LogP contribution in [0.15, 0.2) is 42.5 Å². The molecule has 1 aliphatic heterocycles. The molecule has 3 atom stereocenters. The summed E-state index contributed by atoms with van der Waals surface area (Å²) < 4.78 is 16.2. The Morgan fingerprint density at radius 2 is 2.00 bits per heavy atom. The van der Waals surface area contributed by atoms with Gasteiger partial charge in [-0.2, -0.15) is 0 Å². The fourth-order valence-electron chi connectivity index (χ4n) is 4.46. The molecule has 1 saturated carbocycles. The van der Waals surface area contributed by atoms with Crippen LogP contribution in [0.1, 0.15) is 61.8 Å². The van der Waals surface area contributed by atoms with E-state index in [-0.39, 0.29) is 12.0 Å². The molecule has 0 amide bonds. The standard InChI is InChI=1S/C24H29NO4/c1-3-27-23(26)13-17-7-9-18(10-8-17)19-11-12-20(14-19)25-16(2)21-5-4-6-22-24(21)29-15-28-22/h4-10,16,19-20,25H,3,11-15H2,1-2H3/t16?,19-,20+/m1/s1. The Balaban J connectivity index is 1.33. The molecule has 0 aromatic heterocycles. The Bertz CT molecular complexity index is 848. The average molecular weight is 395 g/mol. The van der Waals surface area contributed by atoms with Crippen molar-refractivity contribution in [2.45, 2.75) is 57.5 Å². The summed E-state index contributed by atoms with van der Waals surface area (Å²) in [6.45, 7) is 4.75. The van der Waals surface area contributed by atoms with E-state index in [9.17, 15) is 4.79 Å². The minimum atomic E-state index is -0.166. The highest BCUT2D eigenvalue weighted by atomic mass is 16.7. The van der Waals surface area contributed by atoms with E-state index in [2.05, 4.69) is 42.6 Å². The van der Waals surface area contributed by atoms with Crippen molar-refractivity contribution < 1.29 is 19.0 Å². The first kappa shape index (κ1) is 19.8. The smallest absolute Gasteiger partial charge is 0.310 e. The number of benzene rings is 2. The van der Waals surface area contributed by atoms with E-state index in [1.54, 1.807) is 0 Å². The van der Waals surface area contributed by atoms with E-state index in [0.29, 0.717) is 31.8 Å². The molecule has 5 nitrogen and oxygen atoms in total. The van der Waals surface area contributed by atoms with Crippen LogP contribution < -0.4 is 14.8 Å². The third kappa shape index (κ3) is 4.56. The highest BCUT2D eigenvalue weighted by Crippen LogP contribution is 2.40. The second kappa shape index (κ2) is 8.87. The van der Waals surface area contributed by atoms with Gasteiger partial charge in [0.15, 0.2) is 11.5 Å². The molecule has 0 saturated heterocycles. The van der Waals surface area contributed by atoms with E-state index in [1.807, 2.05) is 19.1 Å². The van der Waals surface area contributed by atoms with Gasteiger partial charge in [0.1, 0.15) is 0 Å². The Labute approximate surface area is 172 Å². The predicted octanol–water partition coefficient (Wildman–Crippen LogP) is 4.51. The lowest BCUT2D eigenvalue weighted by atomic mass is 9.95. The summed E-state index contributed by atoms with van der Waals surface area (Å²) >= 11 is 0. The molecular formula is C24H29NO4. The molecule has 1 unspecified atom stereocenters. The van der Waals surface area contributed by atoms with Crippen molar-refractivity contribution in [1.82, 2.24) is 5.32 Å². The first-order valence-electron chi connectivity index (χ1n) is 10.5. The third-order valence-corrected chi connectivity index (χ3v) is 5.92. The molecule has 29 heavy (non-hydrogen) atoms. The predicted molar refractivity (Wildman–Crippen MR) is 111 cm³/mol. The van der Waals surface area contributed by atoms with Gasteiger partial charge in [-0.15, -0.1) is 0 Å². The number of esters is 1. The molecule has 1 aliphatic carbocycles. The van der Waals surface area contributed by atoms with Crippen molar-refractivity contribution in [3.63, 3.8) is 0 Å². The Kier molecular flexibility index (Phi) is 6.05. The molecule has 2 aromatic rings. The lowest BCUT2D eigenvalue weighted by molar-refractivity contribution is -0.142. The molecule has 1 N–H and O–H groups in total. The van der Waals surface area contributed by atoms with Gasteiger partial charge in [-0.05, 0) is 56.2 Å². The van der Waals surface area contributed by atoms with Gasteiger partial charge in [-0.25, -0.2) is 0 Å². The van der Waals surface area contributed by atoms with Crippen molar-refractivity contribution in [2.24, 2.45) is 0 Å². The van der Waals surface area contributed by atoms with Gasteiger partial charge in [0.05, 0.1) is 13.0 Å². The van der Waals surface area contributed by atoms with Crippen LogP contribution in [0.4, 0.5) is 0 Å². The van der Waals surface area contributed by atoms with Gasteiger partial charge in [0.2, 0.25) is 6.79 Å². The average Bonchev–Trinajstić information content (AvgIpc) is 3.38. The van der Waals surface area contributed by atoms with Gasteiger partial charge >= 0.3 is 5.97 Å². The minimum Gasteiger partial charge on any atom is -0.466 e. The molecule has 2 aromatic carbocycles. The van der Waals surface area contributed by atoms with E-state index in [0.717, 1.165) is 35.5 Å². The molecule has 1 fully saturated rings. The Hall–Kier alpha value is -2.53. The van der Waals surface area contributed by atoms with E-state index in [4.69, 9.17) is 14.2 Å². The number of hydrogen-bond donors (Lipinski definition) is 1. The van der Waals surface area contributed by atoms with Crippen molar-refractivity contribution in [1.29, 1.82) is 0 Å². The van der Waals surface area contributed by atoms with Crippen LogP contribution in [-0.4, -0.2) is 25.4 Å². The molecule has 154 valence electrons. The van der Waals surface area contributed by atoms with E-state index < -0.39 is 0 Å². The molecule has 1 heterocycles. The van der Waals surface area contributed by atoms with Gasteiger partial charge in [-0.1, -0.05) is 36.4 Å². The maximum Gasteiger partial charge on any atom is 0.310 e. The summed E-state index contributed by atoms with van der Waals surface area (Å²) in [6.07, 6.45) is 3.79. The number of ether oxygens (including phenoxy) is 3. The quantitative estimate of drug-likeness (QED) is 0.699. The molecule has 2 aliphatic rings. The van der Waals surface area contributed by atoms with Crippen molar-refractivity contribution >= 4 is 5.97 Å². The van der Waals surface area contributed by atoms with Crippen LogP contribution in [0.5, 0.6) is 11.5 Å². The largest absolute Gasteiger partial charge is 0.466 e. The number of rotatable bonds is 7. The maximum atomic E-state index is 11.6.